The normalized spacial score (nSPS) is 47.9. The molecule has 0 aromatic rings. The summed E-state index contributed by atoms with van der Waals surface area (Å²) in [5.74, 6) is -0.539. The van der Waals surface area contributed by atoms with Gasteiger partial charge in [0.1, 0.15) is 54.9 Å². The van der Waals surface area contributed by atoms with Gasteiger partial charge in [0.2, 0.25) is 5.91 Å². The first-order valence-corrected chi connectivity index (χ1v) is 11.5. The standard InChI is InChI=1S/C20H35NO15/c1-6(25)21-11-8(26)2-7(3-22)32-19(11)36-17-12(27)9(4-23)34-20(15(17)30)35-16-10(5-24)33-18(31)14(29)13(16)28/h7-20,22-24,26-31H,2-5H2,1H3,(H,21,25)/t7-,8-,9+,10+,11+,12-,13+,14+,15+,16-,17-,18?,19?,20?/m0/s1. The lowest BCUT2D eigenvalue weighted by molar-refractivity contribution is -0.370. The van der Waals surface area contributed by atoms with Crippen LogP contribution in [0.4, 0.5) is 0 Å². The Morgan fingerprint density at radius 1 is 0.778 bits per heavy atom. The number of carbonyl (C=O) groups is 1. The van der Waals surface area contributed by atoms with Crippen LogP contribution in [-0.2, 0) is 28.5 Å². The summed E-state index contributed by atoms with van der Waals surface area (Å²) in [6, 6.07) is -1.15. The summed E-state index contributed by atoms with van der Waals surface area (Å²) in [5, 5.41) is 93.1. The topological polar surface area (TPSA) is 257 Å². The molecule has 1 amide bonds. The smallest absolute Gasteiger partial charge is 0.217 e. The van der Waals surface area contributed by atoms with Crippen LogP contribution in [0.15, 0.2) is 0 Å². The van der Waals surface area contributed by atoms with Crippen LogP contribution in [0, 0.1) is 0 Å². The monoisotopic (exact) mass is 529 g/mol. The van der Waals surface area contributed by atoms with Gasteiger partial charge >= 0.3 is 0 Å². The molecular formula is C20H35NO15. The zero-order chi connectivity index (χ0) is 26.7. The molecular weight excluding hydrogens is 494 g/mol. The number of hydrogen-bond acceptors (Lipinski definition) is 15. The molecule has 0 bridgehead atoms. The van der Waals surface area contributed by atoms with Crippen LogP contribution >= 0.6 is 0 Å². The number of nitrogens with one attached hydrogen (secondary N) is 1. The van der Waals surface area contributed by atoms with Crippen molar-refractivity contribution in [3.8, 4) is 0 Å². The maximum Gasteiger partial charge on any atom is 0.217 e. The molecule has 3 unspecified atom stereocenters. The van der Waals surface area contributed by atoms with Crippen molar-refractivity contribution in [1.29, 1.82) is 0 Å². The van der Waals surface area contributed by atoms with Crippen LogP contribution in [0.1, 0.15) is 13.3 Å². The highest BCUT2D eigenvalue weighted by Gasteiger charge is 2.52. The summed E-state index contributed by atoms with van der Waals surface area (Å²) in [7, 11) is 0. The third-order valence-corrected chi connectivity index (χ3v) is 6.36. The fraction of sp³-hybridized carbons (Fsp3) is 0.950. The molecule has 0 saturated carbocycles. The zero-order valence-electron chi connectivity index (χ0n) is 19.4. The Kier molecular flexibility index (Phi) is 10.3. The molecule has 3 fully saturated rings. The first kappa shape index (κ1) is 29.5. The van der Waals surface area contributed by atoms with Crippen molar-refractivity contribution in [1.82, 2.24) is 5.32 Å². The highest BCUT2D eigenvalue weighted by Crippen LogP contribution is 2.32. The molecule has 3 rings (SSSR count). The Hall–Kier alpha value is -1.09. The van der Waals surface area contributed by atoms with Crippen molar-refractivity contribution in [3.63, 3.8) is 0 Å². The Morgan fingerprint density at radius 3 is 2.00 bits per heavy atom. The Balaban J connectivity index is 1.81. The quantitative estimate of drug-likeness (QED) is 0.140. The maximum absolute atomic E-state index is 11.6. The number of aliphatic hydroxyl groups is 9. The summed E-state index contributed by atoms with van der Waals surface area (Å²) in [6.07, 6.45) is -20.2. The number of ether oxygens (including phenoxy) is 5. The molecule has 10 N–H and O–H groups in total. The minimum absolute atomic E-state index is 0.0402. The number of rotatable bonds is 8. The average molecular weight is 529 g/mol. The highest BCUT2D eigenvalue weighted by atomic mass is 16.7. The average Bonchev–Trinajstić information content (AvgIpc) is 2.84. The summed E-state index contributed by atoms with van der Waals surface area (Å²) < 4.78 is 27.3. The molecule has 0 radical (unpaired) electrons. The Labute approximate surface area is 205 Å². The number of carbonyl (C=O) groups excluding carboxylic acids is 1. The van der Waals surface area contributed by atoms with Gasteiger partial charge in [-0.15, -0.1) is 0 Å². The molecule has 210 valence electrons. The van der Waals surface area contributed by atoms with Crippen molar-refractivity contribution in [3.05, 3.63) is 0 Å². The van der Waals surface area contributed by atoms with E-state index in [1.54, 1.807) is 0 Å². The summed E-state index contributed by atoms with van der Waals surface area (Å²) in [5.41, 5.74) is 0. The number of aliphatic hydroxyl groups excluding tert-OH is 9. The van der Waals surface area contributed by atoms with Gasteiger partial charge in [-0.3, -0.25) is 4.79 Å². The summed E-state index contributed by atoms with van der Waals surface area (Å²) >= 11 is 0. The van der Waals surface area contributed by atoms with E-state index in [2.05, 4.69) is 5.32 Å². The molecule has 14 atom stereocenters. The lowest BCUT2D eigenvalue weighted by Crippen LogP contribution is -2.66. The lowest BCUT2D eigenvalue weighted by Gasteiger charge is -2.48. The number of hydrogen-bond donors (Lipinski definition) is 10. The molecule has 16 nitrogen and oxygen atoms in total. The third kappa shape index (κ3) is 6.30. The minimum Gasteiger partial charge on any atom is -0.394 e. The van der Waals surface area contributed by atoms with E-state index in [1.807, 2.05) is 0 Å². The molecule has 0 aliphatic carbocycles. The minimum atomic E-state index is -1.84. The van der Waals surface area contributed by atoms with E-state index in [1.165, 1.54) is 6.92 Å². The maximum atomic E-state index is 11.6. The largest absolute Gasteiger partial charge is 0.394 e. The summed E-state index contributed by atoms with van der Waals surface area (Å²) in [4.78, 5) is 11.6. The molecule has 36 heavy (non-hydrogen) atoms. The molecule has 0 spiro atoms. The van der Waals surface area contributed by atoms with Gasteiger partial charge in [-0.05, 0) is 0 Å². The molecule has 3 aliphatic heterocycles. The molecule has 0 aromatic heterocycles. The first-order valence-electron chi connectivity index (χ1n) is 11.5. The van der Waals surface area contributed by atoms with Crippen LogP contribution in [0.25, 0.3) is 0 Å². The van der Waals surface area contributed by atoms with Crippen molar-refractivity contribution in [2.45, 2.75) is 99.3 Å². The van der Waals surface area contributed by atoms with Crippen LogP contribution in [0.5, 0.6) is 0 Å². The van der Waals surface area contributed by atoms with Gasteiger partial charge in [-0.2, -0.15) is 0 Å². The lowest BCUT2D eigenvalue weighted by atomic mass is 9.96. The molecule has 0 aromatic carbocycles. The van der Waals surface area contributed by atoms with Gasteiger partial charge in [0.25, 0.3) is 0 Å². The fourth-order valence-electron chi connectivity index (χ4n) is 4.43. The van der Waals surface area contributed by atoms with E-state index in [-0.39, 0.29) is 6.42 Å². The number of amides is 1. The third-order valence-electron chi connectivity index (χ3n) is 6.36. The predicted molar refractivity (Wildman–Crippen MR) is 111 cm³/mol. The van der Waals surface area contributed by atoms with E-state index in [0.717, 1.165) is 0 Å². The van der Waals surface area contributed by atoms with Crippen LogP contribution in [0.2, 0.25) is 0 Å². The van der Waals surface area contributed by atoms with Gasteiger partial charge in [0, 0.05) is 13.3 Å². The van der Waals surface area contributed by atoms with E-state index >= 15 is 0 Å². The molecule has 3 heterocycles. The Bertz CT molecular complexity index is 715. The predicted octanol–water partition coefficient (Wildman–Crippen LogP) is -6.40. The van der Waals surface area contributed by atoms with E-state index in [4.69, 9.17) is 23.7 Å². The van der Waals surface area contributed by atoms with Gasteiger partial charge in [0.15, 0.2) is 18.9 Å². The van der Waals surface area contributed by atoms with Crippen LogP contribution < -0.4 is 5.32 Å². The molecule has 16 heteroatoms. The van der Waals surface area contributed by atoms with Crippen molar-refractivity contribution in [2.24, 2.45) is 0 Å². The van der Waals surface area contributed by atoms with Crippen molar-refractivity contribution < 1.29 is 74.4 Å². The van der Waals surface area contributed by atoms with E-state index in [0.29, 0.717) is 0 Å². The second-order valence-electron chi connectivity index (χ2n) is 8.98. The van der Waals surface area contributed by atoms with E-state index < -0.39 is 112 Å². The zero-order valence-corrected chi connectivity index (χ0v) is 19.4. The van der Waals surface area contributed by atoms with Gasteiger partial charge in [-0.1, -0.05) is 0 Å². The van der Waals surface area contributed by atoms with Crippen LogP contribution in [-0.4, -0.2) is 158 Å². The van der Waals surface area contributed by atoms with Crippen molar-refractivity contribution >= 4 is 5.91 Å². The van der Waals surface area contributed by atoms with Crippen molar-refractivity contribution in [2.75, 3.05) is 19.8 Å². The van der Waals surface area contributed by atoms with Gasteiger partial charge in [0.05, 0.1) is 32.0 Å². The molecule has 3 saturated heterocycles. The van der Waals surface area contributed by atoms with Gasteiger partial charge < -0.3 is 75.0 Å². The van der Waals surface area contributed by atoms with E-state index in [9.17, 15) is 50.8 Å². The van der Waals surface area contributed by atoms with Gasteiger partial charge in [-0.25, -0.2) is 0 Å². The highest BCUT2D eigenvalue weighted by molar-refractivity contribution is 5.73. The molecule has 3 aliphatic rings. The van der Waals surface area contributed by atoms with Crippen LogP contribution in [0.3, 0.4) is 0 Å². The first-order chi connectivity index (χ1) is 17.0. The summed E-state index contributed by atoms with van der Waals surface area (Å²) in [6.45, 7) is -0.838. The second kappa shape index (κ2) is 12.6. The Morgan fingerprint density at radius 2 is 1.42 bits per heavy atom. The second-order valence-corrected chi connectivity index (χ2v) is 8.98. The SMILES string of the molecule is CC(=O)N[C@H]1C(O[C@H]2[C@@H](O)[C@@H](CO)OC(O[C@@H]3[C@H](O)[C@@H](O)C(O)O[C@@H]3CO)[C@@H]2O)O[C@H](CO)C[C@@H]1O. The fourth-order valence-corrected chi connectivity index (χ4v) is 4.43.